The minimum absolute atomic E-state index is 0.0508. The van der Waals surface area contributed by atoms with Crippen molar-refractivity contribution in [2.45, 2.75) is 13.3 Å². The first kappa shape index (κ1) is 14.0. The van der Waals surface area contributed by atoms with Gasteiger partial charge in [-0.15, -0.1) is 0 Å². The molecule has 1 aromatic rings. The Labute approximate surface area is 106 Å². The van der Waals surface area contributed by atoms with Gasteiger partial charge in [-0.1, -0.05) is 17.7 Å². The molecule has 0 aliphatic heterocycles. The van der Waals surface area contributed by atoms with Crippen LogP contribution in [0, 0.1) is 6.92 Å². The first-order valence-electron chi connectivity index (χ1n) is 5.01. The second kappa shape index (κ2) is 5.51. The lowest BCUT2D eigenvalue weighted by atomic mass is 10.2. The Morgan fingerprint density at radius 1 is 1.41 bits per heavy atom. The van der Waals surface area contributed by atoms with E-state index in [2.05, 4.69) is 5.32 Å². The second-order valence-corrected chi connectivity index (χ2v) is 6.58. The van der Waals surface area contributed by atoms with Crippen LogP contribution in [0.4, 0.5) is 5.69 Å². The normalized spacial score (nSPS) is 11.2. The van der Waals surface area contributed by atoms with E-state index in [0.29, 0.717) is 10.7 Å². The molecule has 0 aliphatic carbocycles. The number of hydrogen-bond acceptors (Lipinski definition) is 3. The van der Waals surface area contributed by atoms with Crippen molar-refractivity contribution in [3.63, 3.8) is 0 Å². The van der Waals surface area contributed by atoms with Gasteiger partial charge in [0.2, 0.25) is 5.91 Å². The summed E-state index contributed by atoms with van der Waals surface area (Å²) >= 11 is 5.80. The van der Waals surface area contributed by atoms with Crippen molar-refractivity contribution in [1.29, 1.82) is 0 Å². The first-order valence-corrected chi connectivity index (χ1v) is 7.45. The predicted octanol–water partition coefficient (Wildman–Crippen LogP) is 2.02. The minimum atomic E-state index is -3.12. The second-order valence-electron chi connectivity index (χ2n) is 3.89. The molecule has 6 heteroatoms. The SMILES string of the molecule is Cc1ccc(Cl)cc1NC(=O)CCS(C)(=O)=O. The molecule has 1 aromatic carbocycles. The number of carbonyl (C=O) groups excluding carboxylic acids is 1. The maximum absolute atomic E-state index is 11.5. The molecule has 0 bridgehead atoms. The van der Waals surface area contributed by atoms with E-state index in [9.17, 15) is 13.2 Å². The van der Waals surface area contributed by atoms with Crippen molar-refractivity contribution >= 4 is 33.0 Å². The lowest BCUT2D eigenvalue weighted by molar-refractivity contribution is -0.115. The minimum Gasteiger partial charge on any atom is -0.326 e. The van der Waals surface area contributed by atoms with Crippen LogP contribution in [0.1, 0.15) is 12.0 Å². The van der Waals surface area contributed by atoms with Gasteiger partial charge < -0.3 is 5.32 Å². The number of aryl methyl sites for hydroxylation is 1. The molecule has 0 aromatic heterocycles. The van der Waals surface area contributed by atoms with Crippen LogP contribution in [0.5, 0.6) is 0 Å². The number of hydrogen-bond donors (Lipinski definition) is 1. The van der Waals surface area contributed by atoms with Crippen molar-refractivity contribution in [2.75, 3.05) is 17.3 Å². The van der Waals surface area contributed by atoms with E-state index < -0.39 is 9.84 Å². The van der Waals surface area contributed by atoms with Crippen LogP contribution in [0.15, 0.2) is 18.2 Å². The van der Waals surface area contributed by atoms with E-state index in [0.717, 1.165) is 11.8 Å². The molecular weight excluding hydrogens is 262 g/mol. The summed E-state index contributed by atoms with van der Waals surface area (Å²) in [5.41, 5.74) is 1.48. The van der Waals surface area contributed by atoms with Crippen molar-refractivity contribution in [3.8, 4) is 0 Å². The van der Waals surface area contributed by atoms with Crippen molar-refractivity contribution in [3.05, 3.63) is 28.8 Å². The summed E-state index contributed by atoms with van der Waals surface area (Å²) in [6.07, 6.45) is 1.05. The number of benzene rings is 1. The monoisotopic (exact) mass is 275 g/mol. The Kier molecular flexibility index (Phi) is 4.54. The zero-order valence-electron chi connectivity index (χ0n) is 9.66. The maximum atomic E-state index is 11.5. The van der Waals surface area contributed by atoms with Gasteiger partial charge in [-0.2, -0.15) is 0 Å². The number of anilines is 1. The molecule has 0 unspecified atom stereocenters. The molecule has 17 heavy (non-hydrogen) atoms. The Balaban J connectivity index is 2.65. The number of carbonyl (C=O) groups is 1. The summed E-state index contributed by atoms with van der Waals surface area (Å²) < 4.78 is 21.8. The van der Waals surface area contributed by atoms with Gasteiger partial charge in [0, 0.05) is 23.4 Å². The summed E-state index contributed by atoms with van der Waals surface area (Å²) in [6.45, 7) is 1.84. The maximum Gasteiger partial charge on any atom is 0.225 e. The van der Waals surface area contributed by atoms with Crippen LogP contribution in [-0.4, -0.2) is 26.3 Å². The Morgan fingerprint density at radius 3 is 2.65 bits per heavy atom. The molecule has 1 rings (SSSR count). The fourth-order valence-electron chi connectivity index (χ4n) is 1.22. The van der Waals surface area contributed by atoms with E-state index in [1.54, 1.807) is 18.2 Å². The standard InChI is InChI=1S/C11H14ClNO3S/c1-8-3-4-9(12)7-10(8)13-11(14)5-6-17(2,15)16/h3-4,7H,5-6H2,1-2H3,(H,13,14). The van der Waals surface area contributed by atoms with E-state index in [1.165, 1.54) is 0 Å². The number of sulfone groups is 1. The molecule has 0 saturated heterocycles. The van der Waals surface area contributed by atoms with Gasteiger partial charge in [0.05, 0.1) is 5.75 Å². The molecule has 0 fully saturated rings. The van der Waals surface area contributed by atoms with Gasteiger partial charge in [0.1, 0.15) is 9.84 Å². The van der Waals surface area contributed by atoms with Gasteiger partial charge in [-0.3, -0.25) is 4.79 Å². The number of amides is 1. The molecule has 0 heterocycles. The van der Waals surface area contributed by atoms with E-state index in [1.807, 2.05) is 6.92 Å². The molecule has 1 N–H and O–H groups in total. The van der Waals surface area contributed by atoms with Gasteiger partial charge in [0.25, 0.3) is 0 Å². The highest BCUT2D eigenvalue weighted by molar-refractivity contribution is 7.90. The fourth-order valence-corrected chi connectivity index (χ4v) is 1.95. The Hall–Kier alpha value is -1.07. The Bertz CT molecular complexity index is 526. The molecule has 1 amide bonds. The highest BCUT2D eigenvalue weighted by atomic mass is 35.5. The third-order valence-corrected chi connectivity index (χ3v) is 3.35. The highest BCUT2D eigenvalue weighted by Gasteiger charge is 2.09. The van der Waals surface area contributed by atoms with E-state index in [-0.39, 0.29) is 18.1 Å². The number of nitrogens with one attached hydrogen (secondary N) is 1. The average Bonchev–Trinajstić information content (AvgIpc) is 2.20. The van der Waals surface area contributed by atoms with Gasteiger partial charge in [-0.25, -0.2) is 8.42 Å². The highest BCUT2D eigenvalue weighted by Crippen LogP contribution is 2.20. The summed E-state index contributed by atoms with van der Waals surface area (Å²) in [4.78, 5) is 11.5. The van der Waals surface area contributed by atoms with Crippen LogP contribution in [-0.2, 0) is 14.6 Å². The van der Waals surface area contributed by atoms with E-state index >= 15 is 0 Å². The third kappa shape index (κ3) is 5.19. The van der Waals surface area contributed by atoms with Crippen LogP contribution >= 0.6 is 11.6 Å². The zero-order chi connectivity index (χ0) is 13.1. The summed E-state index contributed by atoms with van der Waals surface area (Å²) in [5, 5.41) is 3.16. The fraction of sp³-hybridized carbons (Fsp3) is 0.364. The van der Waals surface area contributed by atoms with Gasteiger partial charge >= 0.3 is 0 Å². The van der Waals surface area contributed by atoms with Crippen LogP contribution in [0.25, 0.3) is 0 Å². The van der Waals surface area contributed by atoms with Crippen LogP contribution in [0.2, 0.25) is 5.02 Å². The molecule has 0 atom stereocenters. The van der Waals surface area contributed by atoms with E-state index in [4.69, 9.17) is 11.6 Å². The lowest BCUT2D eigenvalue weighted by Gasteiger charge is -2.08. The topological polar surface area (TPSA) is 63.2 Å². The number of rotatable bonds is 4. The Morgan fingerprint density at radius 2 is 2.06 bits per heavy atom. The molecule has 0 spiro atoms. The summed E-state index contributed by atoms with van der Waals surface area (Å²) in [7, 11) is -3.12. The smallest absolute Gasteiger partial charge is 0.225 e. The predicted molar refractivity (Wildman–Crippen MR) is 69.1 cm³/mol. The molecule has 0 aliphatic rings. The van der Waals surface area contributed by atoms with Gasteiger partial charge in [-0.05, 0) is 24.6 Å². The average molecular weight is 276 g/mol. The largest absolute Gasteiger partial charge is 0.326 e. The van der Waals surface area contributed by atoms with Crippen molar-refractivity contribution in [2.24, 2.45) is 0 Å². The molecular formula is C11H14ClNO3S. The molecule has 4 nitrogen and oxygen atoms in total. The van der Waals surface area contributed by atoms with Crippen molar-refractivity contribution < 1.29 is 13.2 Å². The quantitative estimate of drug-likeness (QED) is 0.914. The van der Waals surface area contributed by atoms with Crippen molar-refractivity contribution in [1.82, 2.24) is 0 Å². The first-order chi connectivity index (χ1) is 7.78. The number of halogens is 1. The summed E-state index contributed by atoms with van der Waals surface area (Å²) in [6, 6.07) is 5.15. The third-order valence-electron chi connectivity index (χ3n) is 2.17. The van der Waals surface area contributed by atoms with Crippen LogP contribution in [0.3, 0.4) is 0 Å². The summed E-state index contributed by atoms with van der Waals surface area (Å²) in [5.74, 6) is -0.487. The molecule has 0 saturated carbocycles. The van der Waals surface area contributed by atoms with Gasteiger partial charge in [0.15, 0.2) is 0 Å². The molecule has 0 radical (unpaired) electrons. The lowest BCUT2D eigenvalue weighted by Crippen LogP contribution is -2.17. The zero-order valence-corrected chi connectivity index (χ0v) is 11.2. The van der Waals surface area contributed by atoms with Crippen LogP contribution < -0.4 is 5.32 Å². The molecule has 94 valence electrons.